The number of rotatable bonds is 2. The first-order chi connectivity index (χ1) is 6.92. The SMILES string of the molecule is OC[C@H]1CCCCN1c1cnccn1. The van der Waals surface area contributed by atoms with Crippen molar-refractivity contribution in [3.05, 3.63) is 18.6 Å². The predicted octanol–water partition coefficient (Wildman–Crippen LogP) is 0.828. The monoisotopic (exact) mass is 193 g/mol. The Morgan fingerprint density at radius 1 is 1.43 bits per heavy atom. The van der Waals surface area contributed by atoms with E-state index >= 15 is 0 Å². The van der Waals surface area contributed by atoms with Gasteiger partial charge in [-0.1, -0.05) is 0 Å². The normalized spacial score (nSPS) is 22.4. The van der Waals surface area contributed by atoms with Crippen LogP contribution < -0.4 is 4.90 Å². The van der Waals surface area contributed by atoms with Gasteiger partial charge in [-0.2, -0.15) is 0 Å². The Hall–Kier alpha value is -1.16. The van der Waals surface area contributed by atoms with E-state index in [1.54, 1.807) is 18.6 Å². The van der Waals surface area contributed by atoms with Gasteiger partial charge in [-0.3, -0.25) is 4.98 Å². The van der Waals surface area contributed by atoms with Gasteiger partial charge in [-0.15, -0.1) is 0 Å². The molecule has 0 aromatic carbocycles. The van der Waals surface area contributed by atoms with Crippen LogP contribution in [0, 0.1) is 0 Å². The first-order valence-corrected chi connectivity index (χ1v) is 5.05. The van der Waals surface area contributed by atoms with E-state index in [4.69, 9.17) is 0 Å². The van der Waals surface area contributed by atoms with Crippen LogP contribution in [0.1, 0.15) is 19.3 Å². The van der Waals surface area contributed by atoms with Crippen molar-refractivity contribution in [2.45, 2.75) is 25.3 Å². The molecule has 0 aliphatic carbocycles. The molecule has 0 bridgehead atoms. The van der Waals surface area contributed by atoms with E-state index in [1.807, 2.05) is 0 Å². The summed E-state index contributed by atoms with van der Waals surface area (Å²) in [5, 5.41) is 9.23. The van der Waals surface area contributed by atoms with E-state index in [0.717, 1.165) is 18.8 Å². The molecule has 1 saturated heterocycles. The largest absolute Gasteiger partial charge is 0.394 e. The fraction of sp³-hybridized carbons (Fsp3) is 0.600. The summed E-state index contributed by atoms with van der Waals surface area (Å²) in [7, 11) is 0. The van der Waals surface area contributed by atoms with Gasteiger partial charge in [0, 0.05) is 18.9 Å². The minimum atomic E-state index is 0.205. The summed E-state index contributed by atoms with van der Waals surface area (Å²) < 4.78 is 0. The molecular weight excluding hydrogens is 178 g/mol. The topological polar surface area (TPSA) is 49.2 Å². The number of aliphatic hydroxyl groups is 1. The van der Waals surface area contributed by atoms with Gasteiger partial charge in [0.15, 0.2) is 0 Å². The molecule has 1 aromatic heterocycles. The smallest absolute Gasteiger partial charge is 0.147 e. The van der Waals surface area contributed by atoms with Crippen LogP contribution in [0.5, 0.6) is 0 Å². The average molecular weight is 193 g/mol. The lowest BCUT2D eigenvalue weighted by Crippen LogP contribution is -2.42. The summed E-state index contributed by atoms with van der Waals surface area (Å²) in [5.41, 5.74) is 0. The zero-order valence-corrected chi connectivity index (χ0v) is 8.13. The molecule has 2 heterocycles. The number of anilines is 1. The predicted molar refractivity (Wildman–Crippen MR) is 54.1 cm³/mol. The van der Waals surface area contributed by atoms with Crippen LogP contribution in [0.25, 0.3) is 0 Å². The number of aliphatic hydroxyl groups excluding tert-OH is 1. The summed E-state index contributed by atoms with van der Waals surface area (Å²) in [6, 6.07) is 0.223. The molecule has 4 nitrogen and oxygen atoms in total. The zero-order valence-electron chi connectivity index (χ0n) is 8.13. The Labute approximate surface area is 83.6 Å². The molecule has 0 amide bonds. The van der Waals surface area contributed by atoms with Crippen LogP contribution in [0.2, 0.25) is 0 Å². The maximum atomic E-state index is 9.23. The maximum Gasteiger partial charge on any atom is 0.147 e. The molecule has 0 radical (unpaired) electrons. The molecule has 14 heavy (non-hydrogen) atoms. The van der Waals surface area contributed by atoms with Crippen molar-refractivity contribution < 1.29 is 5.11 Å². The first-order valence-electron chi connectivity index (χ1n) is 5.05. The van der Waals surface area contributed by atoms with E-state index < -0.39 is 0 Å². The first kappa shape index (κ1) is 9.40. The highest BCUT2D eigenvalue weighted by atomic mass is 16.3. The van der Waals surface area contributed by atoms with Gasteiger partial charge in [-0.05, 0) is 19.3 Å². The second kappa shape index (κ2) is 4.37. The quantitative estimate of drug-likeness (QED) is 0.755. The van der Waals surface area contributed by atoms with Crippen LogP contribution in [0.3, 0.4) is 0 Å². The van der Waals surface area contributed by atoms with Crippen molar-refractivity contribution in [3.8, 4) is 0 Å². The third kappa shape index (κ3) is 1.85. The molecule has 0 saturated carbocycles. The second-order valence-corrected chi connectivity index (χ2v) is 3.59. The van der Waals surface area contributed by atoms with Crippen molar-refractivity contribution in [2.24, 2.45) is 0 Å². The highest BCUT2D eigenvalue weighted by Crippen LogP contribution is 2.21. The van der Waals surface area contributed by atoms with Crippen LogP contribution in [0.4, 0.5) is 5.82 Å². The Bertz CT molecular complexity index is 278. The zero-order chi connectivity index (χ0) is 9.80. The average Bonchev–Trinajstić information content (AvgIpc) is 2.30. The molecule has 76 valence electrons. The molecule has 0 spiro atoms. The lowest BCUT2D eigenvalue weighted by atomic mass is 10.0. The fourth-order valence-electron chi connectivity index (χ4n) is 1.93. The van der Waals surface area contributed by atoms with Crippen molar-refractivity contribution in [1.29, 1.82) is 0 Å². The van der Waals surface area contributed by atoms with Gasteiger partial charge in [0.2, 0.25) is 0 Å². The van der Waals surface area contributed by atoms with Crippen molar-refractivity contribution >= 4 is 5.82 Å². The fourth-order valence-corrected chi connectivity index (χ4v) is 1.93. The van der Waals surface area contributed by atoms with Crippen molar-refractivity contribution in [2.75, 3.05) is 18.1 Å². The van der Waals surface area contributed by atoms with Crippen molar-refractivity contribution in [3.63, 3.8) is 0 Å². The van der Waals surface area contributed by atoms with E-state index in [-0.39, 0.29) is 12.6 Å². The van der Waals surface area contributed by atoms with E-state index in [2.05, 4.69) is 14.9 Å². The molecule has 1 aromatic rings. The third-order valence-electron chi connectivity index (χ3n) is 2.68. The van der Waals surface area contributed by atoms with Gasteiger partial charge in [-0.25, -0.2) is 4.98 Å². The summed E-state index contributed by atoms with van der Waals surface area (Å²) in [6.45, 7) is 1.18. The maximum absolute atomic E-state index is 9.23. The van der Waals surface area contributed by atoms with Crippen LogP contribution >= 0.6 is 0 Å². The van der Waals surface area contributed by atoms with Gasteiger partial charge in [0.05, 0.1) is 18.8 Å². The molecular formula is C10H15N3O. The van der Waals surface area contributed by atoms with Gasteiger partial charge in [0.25, 0.3) is 0 Å². The molecule has 1 fully saturated rings. The molecule has 2 rings (SSSR count). The van der Waals surface area contributed by atoms with Crippen LogP contribution in [0.15, 0.2) is 18.6 Å². The standard InChI is InChI=1S/C10H15N3O/c14-8-9-3-1-2-6-13(9)10-7-11-4-5-12-10/h4-5,7,9,14H,1-3,6,8H2/t9-/m1/s1. The van der Waals surface area contributed by atoms with Crippen LogP contribution in [-0.2, 0) is 0 Å². The lowest BCUT2D eigenvalue weighted by Gasteiger charge is -2.35. The molecule has 1 N–H and O–H groups in total. The van der Waals surface area contributed by atoms with Gasteiger partial charge >= 0.3 is 0 Å². The molecule has 1 aliphatic rings. The third-order valence-corrected chi connectivity index (χ3v) is 2.68. The van der Waals surface area contributed by atoms with E-state index in [1.165, 1.54) is 12.8 Å². The number of aromatic nitrogens is 2. The van der Waals surface area contributed by atoms with Gasteiger partial charge in [0.1, 0.15) is 5.82 Å². The number of piperidine rings is 1. The highest BCUT2D eigenvalue weighted by Gasteiger charge is 2.22. The minimum Gasteiger partial charge on any atom is -0.394 e. The summed E-state index contributed by atoms with van der Waals surface area (Å²) in [6.07, 6.45) is 8.54. The van der Waals surface area contributed by atoms with Crippen LogP contribution in [-0.4, -0.2) is 34.3 Å². The Morgan fingerprint density at radius 2 is 2.36 bits per heavy atom. The Kier molecular flexibility index (Phi) is 2.93. The number of hydrogen-bond donors (Lipinski definition) is 1. The molecule has 1 atom stereocenters. The number of nitrogens with zero attached hydrogens (tertiary/aromatic N) is 3. The Morgan fingerprint density at radius 3 is 3.07 bits per heavy atom. The molecule has 0 unspecified atom stereocenters. The Balaban J connectivity index is 2.15. The van der Waals surface area contributed by atoms with Gasteiger partial charge < -0.3 is 10.0 Å². The number of hydrogen-bond acceptors (Lipinski definition) is 4. The summed E-state index contributed by atoms with van der Waals surface area (Å²) in [5.74, 6) is 0.881. The van der Waals surface area contributed by atoms with E-state index in [9.17, 15) is 5.11 Å². The highest BCUT2D eigenvalue weighted by molar-refractivity contribution is 5.37. The van der Waals surface area contributed by atoms with Crippen molar-refractivity contribution in [1.82, 2.24) is 9.97 Å². The van der Waals surface area contributed by atoms with E-state index in [0.29, 0.717) is 0 Å². The molecule has 1 aliphatic heterocycles. The minimum absolute atomic E-state index is 0.205. The summed E-state index contributed by atoms with van der Waals surface area (Å²) >= 11 is 0. The second-order valence-electron chi connectivity index (χ2n) is 3.59. The summed E-state index contributed by atoms with van der Waals surface area (Å²) in [4.78, 5) is 10.4. The molecule has 4 heteroatoms. The lowest BCUT2D eigenvalue weighted by molar-refractivity contribution is 0.239.